The maximum atomic E-state index is 13.4. The molecule has 1 heterocycles. The van der Waals surface area contributed by atoms with Crippen molar-refractivity contribution in [1.29, 1.82) is 0 Å². The number of nitrogens with zero attached hydrogens (tertiary/aromatic N) is 2. The molecule has 0 aromatic heterocycles. The minimum Gasteiger partial charge on any atom is -0.493 e. The van der Waals surface area contributed by atoms with Crippen LogP contribution in [0.25, 0.3) is 0 Å². The van der Waals surface area contributed by atoms with Crippen LogP contribution in [0.5, 0.6) is 23.0 Å². The molecule has 2 aromatic carbocycles. The standard InChI is InChI=1S/C32H44N2O5/c1-36-28-16-23-9-13-34(14-10-24(23)17-29(28)37-2)32(35)11-12-33(20-22-7-5-6-8-22)21-26-15-25-18-30(38-3)31(39-4)19-27(25)26/h16-19,22,26H,5-15,20-21H2,1-4H3/t26-/m1/s1. The molecule has 0 bridgehead atoms. The largest absolute Gasteiger partial charge is 0.493 e. The summed E-state index contributed by atoms with van der Waals surface area (Å²) >= 11 is 0. The summed E-state index contributed by atoms with van der Waals surface area (Å²) in [4.78, 5) is 18.1. The van der Waals surface area contributed by atoms with Crippen LogP contribution in [0.4, 0.5) is 0 Å². The van der Waals surface area contributed by atoms with Crippen LogP contribution in [0.1, 0.15) is 60.3 Å². The van der Waals surface area contributed by atoms with Gasteiger partial charge in [-0.2, -0.15) is 0 Å². The van der Waals surface area contributed by atoms with E-state index in [1.54, 1.807) is 28.4 Å². The predicted octanol–water partition coefficient (Wildman–Crippen LogP) is 4.87. The number of hydrogen-bond donors (Lipinski definition) is 0. The maximum absolute atomic E-state index is 13.4. The molecule has 0 unspecified atom stereocenters. The summed E-state index contributed by atoms with van der Waals surface area (Å²) in [5, 5.41) is 0. The third-order valence-electron chi connectivity index (χ3n) is 9.02. The summed E-state index contributed by atoms with van der Waals surface area (Å²) in [6, 6.07) is 8.43. The molecular weight excluding hydrogens is 492 g/mol. The fourth-order valence-corrected chi connectivity index (χ4v) is 6.74. The Morgan fingerprint density at radius 3 is 1.90 bits per heavy atom. The van der Waals surface area contributed by atoms with Gasteiger partial charge in [0.2, 0.25) is 5.91 Å². The van der Waals surface area contributed by atoms with Crippen LogP contribution < -0.4 is 18.9 Å². The van der Waals surface area contributed by atoms with Crippen molar-refractivity contribution in [1.82, 2.24) is 9.80 Å². The number of benzene rings is 2. The Balaban J connectivity index is 1.21. The number of methoxy groups -OCH3 is 4. The van der Waals surface area contributed by atoms with Gasteiger partial charge in [-0.25, -0.2) is 0 Å². The number of ether oxygens (including phenoxy) is 4. The molecule has 1 aliphatic heterocycles. The van der Waals surface area contributed by atoms with Gasteiger partial charge in [-0.1, -0.05) is 12.8 Å². The molecule has 2 aromatic rings. The second-order valence-corrected chi connectivity index (χ2v) is 11.3. The van der Waals surface area contributed by atoms with Gasteiger partial charge in [0, 0.05) is 45.1 Å². The molecule has 1 saturated carbocycles. The highest BCUT2D eigenvalue weighted by Gasteiger charge is 2.31. The van der Waals surface area contributed by atoms with E-state index < -0.39 is 0 Å². The van der Waals surface area contributed by atoms with Crippen LogP contribution in [0, 0.1) is 5.92 Å². The highest BCUT2D eigenvalue weighted by atomic mass is 16.5. The van der Waals surface area contributed by atoms with Crippen LogP contribution in [-0.4, -0.2) is 76.9 Å². The summed E-state index contributed by atoms with van der Waals surface area (Å²) in [5.41, 5.74) is 5.22. The number of fused-ring (bicyclic) bond motifs is 2. The smallest absolute Gasteiger partial charge is 0.223 e. The normalized spacial score (nSPS) is 18.7. The lowest BCUT2D eigenvalue weighted by molar-refractivity contribution is -0.131. The lowest BCUT2D eigenvalue weighted by atomic mass is 9.77. The average molecular weight is 537 g/mol. The van der Waals surface area contributed by atoms with Crippen molar-refractivity contribution >= 4 is 5.91 Å². The second kappa shape index (κ2) is 12.5. The molecule has 2 aliphatic carbocycles. The van der Waals surface area contributed by atoms with Gasteiger partial charge in [0.25, 0.3) is 0 Å². The first-order valence-corrected chi connectivity index (χ1v) is 14.5. The lowest BCUT2D eigenvalue weighted by Crippen LogP contribution is -2.40. The first-order valence-electron chi connectivity index (χ1n) is 14.5. The first-order chi connectivity index (χ1) is 19.0. The molecule has 3 aliphatic rings. The van der Waals surface area contributed by atoms with Gasteiger partial charge in [0.1, 0.15) is 0 Å². The van der Waals surface area contributed by atoms with Crippen molar-refractivity contribution in [3.63, 3.8) is 0 Å². The van der Waals surface area contributed by atoms with E-state index >= 15 is 0 Å². The quantitative estimate of drug-likeness (QED) is 0.408. The Labute approximate surface area is 233 Å². The molecule has 7 heteroatoms. The van der Waals surface area contributed by atoms with Gasteiger partial charge >= 0.3 is 0 Å². The molecule has 1 amide bonds. The Kier molecular flexibility index (Phi) is 8.85. The Morgan fingerprint density at radius 2 is 1.33 bits per heavy atom. The molecule has 212 valence electrons. The van der Waals surface area contributed by atoms with Crippen LogP contribution in [0.2, 0.25) is 0 Å². The fourth-order valence-electron chi connectivity index (χ4n) is 6.74. The third kappa shape index (κ3) is 6.13. The summed E-state index contributed by atoms with van der Waals surface area (Å²) in [7, 11) is 6.73. The molecule has 0 N–H and O–H groups in total. The minimum atomic E-state index is 0.263. The summed E-state index contributed by atoms with van der Waals surface area (Å²) in [6.07, 6.45) is 8.62. The summed E-state index contributed by atoms with van der Waals surface area (Å²) in [6.45, 7) is 4.41. The monoisotopic (exact) mass is 536 g/mol. The number of carbonyl (C=O) groups is 1. The van der Waals surface area contributed by atoms with Crippen molar-refractivity contribution in [3.05, 3.63) is 46.5 Å². The number of carbonyl (C=O) groups excluding carboxylic acids is 1. The molecule has 1 atom stereocenters. The van der Waals surface area contributed by atoms with Crippen LogP contribution in [-0.2, 0) is 24.1 Å². The summed E-state index contributed by atoms with van der Waals surface area (Å²) in [5.74, 6) is 4.62. The first kappa shape index (κ1) is 27.6. The van der Waals surface area contributed by atoms with E-state index in [-0.39, 0.29) is 5.91 Å². The predicted molar refractivity (Wildman–Crippen MR) is 153 cm³/mol. The fraction of sp³-hybridized carbons (Fsp3) is 0.594. The summed E-state index contributed by atoms with van der Waals surface area (Å²) < 4.78 is 22.1. The van der Waals surface area contributed by atoms with E-state index in [0.29, 0.717) is 12.3 Å². The van der Waals surface area contributed by atoms with Crippen LogP contribution in [0.15, 0.2) is 24.3 Å². The Morgan fingerprint density at radius 1 is 0.795 bits per heavy atom. The molecular formula is C32H44N2O5. The van der Waals surface area contributed by atoms with E-state index in [0.717, 1.165) is 80.9 Å². The van der Waals surface area contributed by atoms with Gasteiger partial charge in [0.15, 0.2) is 23.0 Å². The molecule has 0 radical (unpaired) electrons. The van der Waals surface area contributed by atoms with Crippen LogP contribution in [0.3, 0.4) is 0 Å². The van der Waals surface area contributed by atoms with Crippen molar-refractivity contribution in [2.24, 2.45) is 5.92 Å². The lowest BCUT2D eigenvalue weighted by Gasteiger charge is -2.36. The van der Waals surface area contributed by atoms with Crippen LogP contribution >= 0.6 is 0 Å². The molecule has 5 rings (SSSR count). The SMILES string of the molecule is COc1cc2c(cc1OC)CCN(C(=O)CCN(CC1CCCC1)C[C@H]1Cc3cc(OC)c(OC)cc31)CC2. The maximum Gasteiger partial charge on any atom is 0.223 e. The van der Waals surface area contributed by atoms with Crippen molar-refractivity contribution in [2.75, 3.05) is 61.2 Å². The van der Waals surface area contributed by atoms with E-state index in [1.807, 2.05) is 0 Å². The molecule has 7 nitrogen and oxygen atoms in total. The number of hydrogen-bond acceptors (Lipinski definition) is 6. The van der Waals surface area contributed by atoms with Crippen molar-refractivity contribution in [2.45, 2.75) is 57.3 Å². The Hall–Kier alpha value is -2.93. The van der Waals surface area contributed by atoms with Crippen molar-refractivity contribution < 1.29 is 23.7 Å². The molecule has 0 spiro atoms. The highest BCUT2D eigenvalue weighted by molar-refractivity contribution is 5.76. The van der Waals surface area contributed by atoms with Gasteiger partial charge in [-0.15, -0.1) is 0 Å². The van der Waals surface area contributed by atoms with Gasteiger partial charge in [-0.3, -0.25) is 4.79 Å². The molecule has 0 saturated heterocycles. The zero-order valence-corrected chi connectivity index (χ0v) is 24.1. The highest BCUT2D eigenvalue weighted by Crippen LogP contribution is 2.43. The van der Waals surface area contributed by atoms with E-state index in [4.69, 9.17) is 18.9 Å². The third-order valence-corrected chi connectivity index (χ3v) is 9.02. The van der Waals surface area contributed by atoms with Gasteiger partial charge in [-0.05, 0) is 84.5 Å². The molecule has 1 fully saturated rings. The van der Waals surface area contributed by atoms with Gasteiger partial charge in [0.05, 0.1) is 28.4 Å². The Bertz CT molecular complexity index is 1120. The average Bonchev–Trinajstić information content (AvgIpc) is 3.37. The van der Waals surface area contributed by atoms with Crippen molar-refractivity contribution in [3.8, 4) is 23.0 Å². The number of rotatable bonds is 11. The van der Waals surface area contributed by atoms with E-state index in [9.17, 15) is 4.79 Å². The molecule has 39 heavy (non-hydrogen) atoms. The second-order valence-electron chi connectivity index (χ2n) is 11.3. The van der Waals surface area contributed by atoms with E-state index in [2.05, 4.69) is 34.1 Å². The topological polar surface area (TPSA) is 60.5 Å². The zero-order chi connectivity index (χ0) is 27.4. The minimum absolute atomic E-state index is 0.263. The van der Waals surface area contributed by atoms with Gasteiger partial charge < -0.3 is 28.7 Å². The zero-order valence-electron chi connectivity index (χ0n) is 24.1. The van der Waals surface area contributed by atoms with E-state index in [1.165, 1.54) is 47.9 Å². The number of amides is 1.